The van der Waals surface area contributed by atoms with E-state index in [4.69, 9.17) is 9.84 Å². The minimum atomic E-state index is -0.934. The van der Waals surface area contributed by atoms with Crippen LogP contribution in [-0.2, 0) is 19.5 Å². The predicted molar refractivity (Wildman–Crippen MR) is 84.2 cm³/mol. The van der Waals surface area contributed by atoms with Crippen molar-refractivity contribution in [3.05, 3.63) is 64.7 Å². The molecule has 1 aliphatic rings. The van der Waals surface area contributed by atoms with Gasteiger partial charge in [-0.2, -0.15) is 0 Å². The van der Waals surface area contributed by atoms with Gasteiger partial charge in [-0.25, -0.2) is 4.79 Å². The van der Waals surface area contributed by atoms with Crippen LogP contribution >= 0.6 is 0 Å². The highest BCUT2D eigenvalue weighted by Crippen LogP contribution is 2.25. The summed E-state index contributed by atoms with van der Waals surface area (Å²) >= 11 is 0. The molecule has 4 heteroatoms. The Bertz CT molecular complexity index is 696. The number of hydrogen-bond donors (Lipinski definition) is 1. The number of benzene rings is 2. The summed E-state index contributed by atoms with van der Waals surface area (Å²) in [6.45, 7) is 2.68. The van der Waals surface area contributed by atoms with E-state index in [2.05, 4.69) is 29.2 Å². The maximum atomic E-state index is 11.0. The molecule has 1 aliphatic heterocycles. The molecular weight excluding hydrogens is 278 g/mol. The van der Waals surface area contributed by atoms with E-state index in [1.807, 2.05) is 6.07 Å². The summed E-state index contributed by atoms with van der Waals surface area (Å²) in [6, 6.07) is 13.6. The van der Waals surface area contributed by atoms with Crippen molar-refractivity contribution in [2.75, 3.05) is 13.7 Å². The summed E-state index contributed by atoms with van der Waals surface area (Å²) < 4.78 is 5.36. The van der Waals surface area contributed by atoms with Crippen LogP contribution < -0.4 is 4.74 Å². The lowest BCUT2D eigenvalue weighted by atomic mass is 9.99. The van der Waals surface area contributed by atoms with Crippen molar-refractivity contribution in [2.24, 2.45) is 0 Å². The van der Waals surface area contributed by atoms with E-state index >= 15 is 0 Å². The topological polar surface area (TPSA) is 49.8 Å². The van der Waals surface area contributed by atoms with Crippen LogP contribution in [0.5, 0.6) is 5.75 Å². The molecule has 2 aromatic carbocycles. The third kappa shape index (κ3) is 2.97. The first-order valence-electron chi connectivity index (χ1n) is 7.36. The summed E-state index contributed by atoms with van der Waals surface area (Å²) in [7, 11) is 1.58. The molecule has 0 amide bonds. The molecule has 1 N–H and O–H groups in total. The highest BCUT2D eigenvalue weighted by molar-refractivity contribution is 5.88. The smallest absolute Gasteiger partial charge is 0.335 e. The van der Waals surface area contributed by atoms with Crippen LogP contribution in [-0.4, -0.2) is 29.6 Å². The molecule has 3 rings (SSSR count). The Hall–Kier alpha value is -2.33. The molecule has 0 aromatic heterocycles. The van der Waals surface area contributed by atoms with Crippen molar-refractivity contribution in [3.8, 4) is 5.75 Å². The largest absolute Gasteiger partial charge is 0.496 e. The van der Waals surface area contributed by atoms with E-state index in [0.717, 1.165) is 31.6 Å². The number of hydrogen-bond acceptors (Lipinski definition) is 3. The fourth-order valence-corrected chi connectivity index (χ4v) is 2.94. The van der Waals surface area contributed by atoms with Gasteiger partial charge in [0.1, 0.15) is 5.75 Å². The minimum Gasteiger partial charge on any atom is -0.496 e. The van der Waals surface area contributed by atoms with Gasteiger partial charge in [-0.15, -0.1) is 0 Å². The van der Waals surface area contributed by atoms with Gasteiger partial charge in [0.2, 0.25) is 0 Å². The number of aromatic carboxylic acids is 1. The number of rotatable bonds is 4. The van der Waals surface area contributed by atoms with Crippen molar-refractivity contribution in [1.82, 2.24) is 4.90 Å². The lowest BCUT2D eigenvalue weighted by molar-refractivity contribution is 0.0696. The molecule has 0 spiro atoms. The van der Waals surface area contributed by atoms with Gasteiger partial charge in [0.15, 0.2) is 0 Å². The average molecular weight is 297 g/mol. The summed E-state index contributed by atoms with van der Waals surface area (Å²) in [5.74, 6) is -0.296. The van der Waals surface area contributed by atoms with E-state index < -0.39 is 5.97 Å². The zero-order valence-corrected chi connectivity index (χ0v) is 12.6. The first-order valence-corrected chi connectivity index (χ1v) is 7.36. The van der Waals surface area contributed by atoms with Gasteiger partial charge < -0.3 is 9.84 Å². The molecule has 0 atom stereocenters. The van der Waals surface area contributed by atoms with Crippen LogP contribution in [0.1, 0.15) is 27.0 Å². The Kier molecular flexibility index (Phi) is 4.11. The minimum absolute atomic E-state index is 0.254. The Morgan fingerprint density at radius 2 is 2.00 bits per heavy atom. The zero-order chi connectivity index (χ0) is 15.5. The van der Waals surface area contributed by atoms with Gasteiger partial charge in [0, 0.05) is 25.2 Å². The van der Waals surface area contributed by atoms with Crippen molar-refractivity contribution in [1.29, 1.82) is 0 Å². The van der Waals surface area contributed by atoms with E-state index in [9.17, 15) is 4.79 Å². The lowest BCUT2D eigenvalue weighted by Gasteiger charge is -2.29. The molecule has 0 aliphatic carbocycles. The SMILES string of the molecule is COc1cc(C(=O)O)ccc1CN1CCc2ccccc2C1. The van der Waals surface area contributed by atoms with Gasteiger partial charge in [-0.1, -0.05) is 30.3 Å². The third-order valence-electron chi connectivity index (χ3n) is 4.14. The molecular formula is C18H19NO3. The quantitative estimate of drug-likeness (QED) is 0.942. The van der Waals surface area contributed by atoms with Gasteiger partial charge >= 0.3 is 5.97 Å². The standard InChI is InChI=1S/C18H19NO3/c1-22-17-10-14(18(20)21)6-7-16(17)12-19-9-8-13-4-2-3-5-15(13)11-19/h2-7,10H,8-9,11-12H2,1H3,(H,20,21). The van der Waals surface area contributed by atoms with Crippen molar-refractivity contribution in [2.45, 2.75) is 19.5 Å². The number of carbonyl (C=O) groups is 1. The number of nitrogens with zero attached hydrogens (tertiary/aromatic N) is 1. The second kappa shape index (κ2) is 6.20. The van der Waals surface area contributed by atoms with Crippen LogP contribution in [0, 0.1) is 0 Å². The Balaban J connectivity index is 1.78. The Morgan fingerprint density at radius 3 is 2.73 bits per heavy atom. The molecule has 0 saturated carbocycles. The first-order chi connectivity index (χ1) is 10.7. The van der Waals surface area contributed by atoms with Gasteiger partial charge in [-0.05, 0) is 29.7 Å². The van der Waals surface area contributed by atoms with Gasteiger partial charge in [0.05, 0.1) is 12.7 Å². The normalized spacial score (nSPS) is 14.4. The molecule has 22 heavy (non-hydrogen) atoms. The Morgan fingerprint density at radius 1 is 1.23 bits per heavy atom. The van der Waals surface area contributed by atoms with Crippen LogP contribution in [0.15, 0.2) is 42.5 Å². The number of carboxylic acid groups (broad SMARTS) is 1. The summed E-state index contributed by atoms with van der Waals surface area (Å²) in [5.41, 5.74) is 4.07. The van der Waals surface area contributed by atoms with Gasteiger partial charge in [-0.3, -0.25) is 4.90 Å². The van der Waals surface area contributed by atoms with E-state index in [0.29, 0.717) is 5.75 Å². The average Bonchev–Trinajstić information content (AvgIpc) is 2.55. The monoisotopic (exact) mass is 297 g/mol. The molecule has 0 fully saturated rings. The number of carboxylic acids is 1. The predicted octanol–water partition coefficient (Wildman–Crippen LogP) is 2.95. The third-order valence-corrected chi connectivity index (χ3v) is 4.14. The van der Waals surface area contributed by atoms with Crippen molar-refractivity contribution in [3.63, 3.8) is 0 Å². The maximum Gasteiger partial charge on any atom is 0.335 e. The number of ether oxygens (including phenoxy) is 1. The molecule has 0 radical (unpaired) electrons. The van der Waals surface area contributed by atoms with E-state index in [1.54, 1.807) is 19.2 Å². The second-order valence-electron chi connectivity index (χ2n) is 5.56. The van der Waals surface area contributed by atoms with Crippen LogP contribution in [0.25, 0.3) is 0 Å². The lowest BCUT2D eigenvalue weighted by Crippen LogP contribution is -2.30. The summed E-state index contributed by atoms with van der Waals surface area (Å²) in [4.78, 5) is 13.4. The molecule has 1 heterocycles. The summed E-state index contributed by atoms with van der Waals surface area (Å²) in [6.07, 6.45) is 1.05. The maximum absolute atomic E-state index is 11.0. The van der Waals surface area contributed by atoms with Crippen molar-refractivity contribution < 1.29 is 14.6 Å². The fraction of sp³-hybridized carbons (Fsp3) is 0.278. The zero-order valence-electron chi connectivity index (χ0n) is 12.6. The molecule has 2 aromatic rings. The van der Waals surface area contributed by atoms with E-state index in [-0.39, 0.29) is 5.56 Å². The highest BCUT2D eigenvalue weighted by Gasteiger charge is 2.18. The first kappa shape index (κ1) is 14.6. The number of fused-ring (bicyclic) bond motifs is 1. The van der Waals surface area contributed by atoms with Crippen molar-refractivity contribution >= 4 is 5.97 Å². The summed E-state index contributed by atoms with van der Waals surface area (Å²) in [5, 5.41) is 9.06. The molecule has 114 valence electrons. The van der Waals surface area contributed by atoms with Gasteiger partial charge in [0.25, 0.3) is 0 Å². The highest BCUT2D eigenvalue weighted by atomic mass is 16.5. The second-order valence-corrected chi connectivity index (χ2v) is 5.56. The van der Waals surface area contributed by atoms with E-state index in [1.165, 1.54) is 11.1 Å². The molecule has 4 nitrogen and oxygen atoms in total. The molecule has 0 saturated heterocycles. The Labute approximate surface area is 130 Å². The fourth-order valence-electron chi connectivity index (χ4n) is 2.94. The van der Waals surface area contributed by atoms with Crippen LogP contribution in [0.4, 0.5) is 0 Å². The molecule has 0 unspecified atom stereocenters. The van der Waals surface area contributed by atoms with Crippen LogP contribution in [0.3, 0.4) is 0 Å². The molecule has 0 bridgehead atoms. The van der Waals surface area contributed by atoms with Crippen LogP contribution in [0.2, 0.25) is 0 Å². The number of methoxy groups -OCH3 is 1.